The van der Waals surface area contributed by atoms with Crippen molar-refractivity contribution in [1.29, 1.82) is 0 Å². The van der Waals surface area contributed by atoms with Gasteiger partial charge in [-0.15, -0.1) is 0 Å². The molecule has 0 aliphatic rings. The first kappa shape index (κ1) is 20.9. The number of rotatable bonds is 12. The number of hydrogen-bond donors (Lipinski definition) is 2. The lowest BCUT2D eigenvalue weighted by Crippen LogP contribution is -2.16. The van der Waals surface area contributed by atoms with Gasteiger partial charge in [-0.2, -0.15) is 0 Å². The van der Waals surface area contributed by atoms with Crippen molar-refractivity contribution in [2.45, 2.75) is 32.6 Å². The minimum absolute atomic E-state index is 0.689. The van der Waals surface area contributed by atoms with Crippen LogP contribution in [0.2, 0.25) is 0 Å². The standard InChI is InChI=1S/C24H31N3O2/c1-3-14-25-15-8-5-9-16-26-21-18-22(28-2)24(20-13-10-17-27-23(20)21)29-19-11-6-4-7-12-19/h4,6-7,10-13,17-18,25-26H,3,5,8-9,14-16H2,1-2H3. The molecule has 0 aliphatic heterocycles. The summed E-state index contributed by atoms with van der Waals surface area (Å²) in [5, 5.41) is 7.92. The SMILES string of the molecule is CCCNCCCCCNc1cc(OC)c(Oc2ccccc2)c2cccnc12. The molecule has 1 heterocycles. The Morgan fingerprint density at radius 3 is 2.55 bits per heavy atom. The van der Waals surface area contributed by atoms with Crippen LogP contribution in [0.15, 0.2) is 54.7 Å². The molecule has 0 radical (unpaired) electrons. The molecule has 0 aliphatic carbocycles. The molecular weight excluding hydrogens is 362 g/mol. The molecule has 5 heteroatoms. The van der Waals surface area contributed by atoms with Crippen LogP contribution in [0.4, 0.5) is 5.69 Å². The van der Waals surface area contributed by atoms with Crippen LogP contribution in [0.25, 0.3) is 10.9 Å². The number of aromatic nitrogens is 1. The molecule has 0 bridgehead atoms. The molecule has 154 valence electrons. The summed E-state index contributed by atoms with van der Waals surface area (Å²) in [6.45, 7) is 5.30. The number of anilines is 1. The Morgan fingerprint density at radius 1 is 0.931 bits per heavy atom. The number of nitrogens with zero attached hydrogens (tertiary/aromatic N) is 1. The summed E-state index contributed by atoms with van der Waals surface area (Å²) in [5.41, 5.74) is 1.87. The van der Waals surface area contributed by atoms with E-state index in [2.05, 4.69) is 22.5 Å². The van der Waals surface area contributed by atoms with Crippen molar-refractivity contribution in [1.82, 2.24) is 10.3 Å². The Labute approximate surface area is 173 Å². The van der Waals surface area contributed by atoms with Gasteiger partial charge in [0.1, 0.15) is 5.75 Å². The molecular formula is C24H31N3O2. The van der Waals surface area contributed by atoms with Crippen LogP contribution < -0.4 is 20.1 Å². The lowest BCUT2D eigenvalue weighted by molar-refractivity contribution is 0.381. The van der Waals surface area contributed by atoms with Gasteiger partial charge in [0, 0.05) is 24.2 Å². The van der Waals surface area contributed by atoms with Gasteiger partial charge in [0.15, 0.2) is 11.5 Å². The van der Waals surface area contributed by atoms with Crippen LogP contribution in [0.3, 0.4) is 0 Å². The van der Waals surface area contributed by atoms with Crippen LogP contribution in [0.5, 0.6) is 17.2 Å². The van der Waals surface area contributed by atoms with Crippen LogP contribution >= 0.6 is 0 Å². The first-order valence-corrected chi connectivity index (χ1v) is 10.5. The van der Waals surface area contributed by atoms with Gasteiger partial charge in [-0.1, -0.05) is 31.5 Å². The van der Waals surface area contributed by atoms with Gasteiger partial charge in [-0.05, 0) is 56.6 Å². The lowest BCUT2D eigenvalue weighted by Gasteiger charge is -2.16. The molecule has 2 N–H and O–H groups in total. The zero-order valence-corrected chi connectivity index (χ0v) is 17.4. The fraction of sp³-hybridized carbons (Fsp3) is 0.375. The molecule has 3 aromatic rings. The number of ether oxygens (including phenoxy) is 2. The Balaban J connectivity index is 1.71. The van der Waals surface area contributed by atoms with E-state index in [0.717, 1.165) is 48.4 Å². The summed E-state index contributed by atoms with van der Waals surface area (Å²) in [6.07, 6.45) is 6.51. The molecule has 0 spiro atoms. The topological polar surface area (TPSA) is 55.4 Å². The van der Waals surface area contributed by atoms with Gasteiger partial charge >= 0.3 is 0 Å². The van der Waals surface area contributed by atoms with E-state index in [4.69, 9.17) is 9.47 Å². The molecule has 5 nitrogen and oxygen atoms in total. The molecule has 2 aromatic carbocycles. The number of benzene rings is 2. The molecule has 0 amide bonds. The highest BCUT2D eigenvalue weighted by molar-refractivity contribution is 5.97. The van der Waals surface area contributed by atoms with Crippen molar-refractivity contribution in [3.8, 4) is 17.2 Å². The van der Waals surface area contributed by atoms with Crippen LogP contribution in [0, 0.1) is 0 Å². The minimum Gasteiger partial charge on any atom is -0.493 e. The molecule has 0 atom stereocenters. The highest BCUT2D eigenvalue weighted by atomic mass is 16.5. The van der Waals surface area contributed by atoms with E-state index in [-0.39, 0.29) is 0 Å². The Kier molecular flexibility index (Phi) is 8.13. The average Bonchev–Trinajstić information content (AvgIpc) is 2.77. The second-order valence-electron chi connectivity index (χ2n) is 7.01. The van der Waals surface area contributed by atoms with Gasteiger partial charge in [0.25, 0.3) is 0 Å². The average molecular weight is 394 g/mol. The van der Waals surface area contributed by atoms with Crippen molar-refractivity contribution >= 4 is 16.6 Å². The third-order valence-corrected chi connectivity index (χ3v) is 4.76. The van der Waals surface area contributed by atoms with Crippen LogP contribution in [0.1, 0.15) is 32.6 Å². The second-order valence-corrected chi connectivity index (χ2v) is 7.01. The predicted octanol–water partition coefficient (Wildman–Crippen LogP) is 5.62. The third-order valence-electron chi connectivity index (χ3n) is 4.76. The number of hydrogen-bond acceptors (Lipinski definition) is 5. The molecule has 0 fully saturated rings. The number of unbranched alkanes of at least 4 members (excludes halogenated alkanes) is 2. The fourth-order valence-electron chi connectivity index (χ4n) is 3.28. The summed E-state index contributed by atoms with van der Waals surface area (Å²) in [7, 11) is 1.67. The maximum atomic E-state index is 6.16. The summed E-state index contributed by atoms with van der Waals surface area (Å²) >= 11 is 0. The number of para-hydroxylation sites is 1. The summed E-state index contributed by atoms with van der Waals surface area (Å²) in [6, 6.07) is 15.7. The van der Waals surface area contributed by atoms with Crippen molar-refractivity contribution in [2.75, 3.05) is 32.1 Å². The number of fused-ring (bicyclic) bond motifs is 1. The van der Waals surface area contributed by atoms with Crippen molar-refractivity contribution in [2.24, 2.45) is 0 Å². The molecule has 0 unspecified atom stereocenters. The quantitative estimate of drug-likeness (QED) is 0.391. The third kappa shape index (κ3) is 5.84. The van der Waals surface area contributed by atoms with Crippen LogP contribution in [-0.4, -0.2) is 31.7 Å². The van der Waals surface area contributed by atoms with Gasteiger partial charge in [-0.3, -0.25) is 4.98 Å². The Hall–Kier alpha value is -2.79. The number of pyridine rings is 1. The first-order chi connectivity index (χ1) is 14.3. The van der Waals surface area contributed by atoms with E-state index >= 15 is 0 Å². The summed E-state index contributed by atoms with van der Waals surface area (Å²) < 4.78 is 11.8. The van der Waals surface area contributed by atoms with Gasteiger partial charge in [-0.25, -0.2) is 0 Å². The van der Waals surface area contributed by atoms with Crippen molar-refractivity contribution in [3.05, 3.63) is 54.7 Å². The number of nitrogens with one attached hydrogen (secondary N) is 2. The van der Waals surface area contributed by atoms with E-state index in [1.807, 2.05) is 54.7 Å². The first-order valence-electron chi connectivity index (χ1n) is 10.5. The van der Waals surface area contributed by atoms with E-state index < -0.39 is 0 Å². The van der Waals surface area contributed by atoms with Gasteiger partial charge in [0.2, 0.25) is 0 Å². The highest BCUT2D eigenvalue weighted by Crippen LogP contribution is 2.41. The zero-order chi connectivity index (χ0) is 20.3. The van der Waals surface area contributed by atoms with E-state index in [1.54, 1.807) is 7.11 Å². The van der Waals surface area contributed by atoms with E-state index in [1.165, 1.54) is 19.3 Å². The van der Waals surface area contributed by atoms with E-state index in [0.29, 0.717) is 11.5 Å². The summed E-state index contributed by atoms with van der Waals surface area (Å²) in [4.78, 5) is 4.60. The highest BCUT2D eigenvalue weighted by Gasteiger charge is 2.15. The molecule has 1 aromatic heterocycles. The maximum Gasteiger partial charge on any atom is 0.178 e. The maximum absolute atomic E-state index is 6.16. The van der Waals surface area contributed by atoms with Crippen LogP contribution in [-0.2, 0) is 0 Å². The normalized spacial score (nSPS) is 10.8. The van der Waals surface area contributed by atoms with E-state index in [9.17, 15) is 0 Å². The summed E-state index contributed by atoms with van der Waals surface area (Å²) in [5.74, 6) is 2.16. The smallest absolute Gasteiger partial charge is 0.178 e. The van der Waals surface area contributed by atoms with Crippen molar-refractivity contribution in [3.63, 3.8) is 0 Å². The lowest BCUT2D eigenvalue weighted by atomic mass is 10.1. The minimum atomic E-state index is 0.689. The Bertz CT molecular complexity index is 884. The van der Waals surface area contributed by atoms with Gasteiger partial charge in [0.05, 0.1) is 18.3 Å². The fourth-order valence-corrected chi connectivity index (χ4v) is 3.28. The molecule has 0 saturated heterocycles. The number of methoxy groups -OCH3 is 1. The molecule has 3 rings (SSSR count). The van der Waals surface area contributed by atoms with Gasteiger partial charge < -0.3 is 20.1 Å². The zero-order valence-electron chi connectivity index (χ0n) is 17.4. The second kappa shape index (κ2) is 11.3. The molecule has 0 saturated carbocycles. The molecule has 29 heavy (non-hydrogen) atoms. The predicted molar refractivity (Wildman–Crippen MR) is 120 cm³/mol. The Morgan fingerprint density at radius 2 is 1.76 bits per heavy atom. The monoisotopic (exact) mass is 393 g/mol. The van der Waals surface area contributed by atoms with Crippen molar-refractivity contribution < 1.29 is 9.47 Å². The largest absolute Gasteiger partial charge is 0.493 e.